The minimum Gasteiger partial charge on any atom is -0.508 e. The molecule has 1 aromatic rings. The molecule has 1 atom stereocenters. The zero-order chi connectivity index (χ0) is 16.9. The lowest BCUT2D eigenvalue weighted by atomic mass is 10.0. The van der Waals surface area contributed by atoms with E-state index in [1.54, 1.807) is 35.0 Å². The Morgan fingerprint density at radius 1 is 1.27 bits per heavy atom. The molecule has 0 fully saturated rings. The Kier molecular flexibility index (Phi) is 6.56. The Morgan fingerprint density at radius 2 is 1.82 bits per heavy atom. The standard InChI is InChI=1S/C13H16IN3O5/c1-16(13(21)22)12(20)10(17(14)11(19)7-15)6-8-2-4-9(18)5-3-8/h2-5,10,18H,6-7,15H2,1H3,(H,21,22)/t10-/m0/s1. The number of imide groups is 1. The van der Waals surface area contributed by atoms with Gasteiger partial charge in [0.05, 0.1) is 29.4 Å². The molecule has 0 unspecified atom stereocenters. The number of rotatable bonds is 5. The van der Waals surface area contributed by atoms with Crippen molar-refractivity contribution in [3.05, 3.63) is 29.8 Å². The number of hydrogen-bond acceptors (Lipinski definition) is 5. The van der Waals surface area contributed by atoms with Crippen LogP contribution in [0.1, 0.15) is 5.56 Å². The highest BCUT2D eigenvalue weighted by atomic mass is 127. The molecule has 0 spiro atoms. The lowest BCUT2D eigenvalue weighted by molar-refractivity contribution is -0.137. The van der Waals surface area contributed by atoms with E-state index in [0.29, 0.717) is 10.5 Å². The van der Waals surface area contributed by atoms with Crippen molar-refractivity contribution in [3.8, 4) is 5.75 Å². The molecule has 0 aliphatic carbocycles. The van der Waals surface area contributed by atoms with E-state index in [9.17, 15) is 19.5 Å². The Labute approximate surface area is 141 Å². The van der Waals surface area contributed by atoms with Gasteiger partial charge in [0.25, 0.3) is 5.91 Å². The molecule has 0 saturated heterocycles. The summed E-state index contributed by atoms with van der Waals surface area (Å²) in [6.07, 6.45) is -1.31. The summed E-state index contributed by atoms with van der Waals surface area (Å²) >= 11 is 1.65. The van der Waals surface area contributed by atoms with Crippen LogP contribution in [0.4, 0.5) is 4.79 Å². The molecule has 1 aromatic carbocycles. The average Bonchev–Trinajstić information content (AvgIpc) is 2.51. The number of phenolic OH excluding ortho intramolecular Hbond substituents is 1. The first-order chi connectivity index (χ1) is 10.3. The fourth-order valence-corrected chi connectivity index (χ4v) is 2.33. The lowest BCUT2D eigenvalue weighted by Crippen LogP contribution is -2.49. The Morgan fingerprint density at radius 3 is 2.27 bits per heavy atom. The molecule has 9 heteroatoms. The maximum absolute atomic E-state index is 12.3. The molecule has 8 nitrogen and oxygen atoms in total. The van der Waals surface area contributed by atoms with Crippen LogP contribution in [0.15, 0.2) is 24.3 Å². The van der Waals surface area contributed by atoms with Crippen molar-refractivity contribution in [2.24, 2.45) is 5.73 Å². The topological polar surface area (TPSA) is 124 Å². The molecule has 0 heterocycles. The van der Waals surface area contributed by atoms with Crippen molar-refractivity contribution in [2.45, 2.75) is 12.5 Å². The highest BCUT2D eigenvalue weighted by molar-refractivity contribution is 14.1. The van der Waals surface area contributed by atoms with E-state index in [-0.39, 0.29) is 18.7 Å². The third-order valence-corrected chi connectivity index (χ3v) is 4.16. The van der Waals surface area contributed by atoms with E-state index in [1.165, 1.54) is 12.1 Å². The number of amides is 3. The number of likely N-dealkylation sites (N-methyl/N-ethyl adjacent to an activating group) is 1. The molecule has 0 aliphatic heterocycles. The van der Waals surface area contributed by atoms with Gasteiger partial charge in [-0.3, -0.25) is 12.7 Å². The van der Waals surface area contributed by atoms with Crippen molar-refractivity contribution < 1.29 is 24.6 Å². The number of nitrogens with two attached hydrogens (primary N) is 1. The predicted octanol–water partition coefficient (Wildman–Crippen LogP) is 0.577. The second kappa shape index (κ2) is 7.94. The van der Waals surface area contributed by atoms with Gasteiger partial charge in [-0.1, -0.05) is 12.1 Å². The molecular weight excluding hydrogens is 405 g/mol. The number of nitrogens with zero attached hydrogens (tertiary/aromatic N) is 2. The summed E-state index contributed by atoms with van der Waals surface area (Å²) in [7, 11) is 1.12. The molecular formula is C13H16IN3O5. The van der Waals surface area contributed by atoms with E-state index in [2.05, 4.69) is 0 Å². The Bertz CT molecular complexity index is 563. The quantitative estimate of drug-likeness (QED) is 0.472. The van der Waals surface area contributed by atoms with Crippen molar-refractivity contribution in [3.63, 3.8) is 0 Å². The van der Waals surface area contributed by atoms with E-state index in [4.69, 9.17) is 10.8 Å². The van der Waals surface area contributed by atoms with Gasteiger partial charge in [0.1, 0.15) is 11.8 Å². The van der Waals surface area contributed by atoms with Crippen molar-refractivity contribution >= 4 is 40.8 Å². The van der Waals surface area contributed by atoms with Crippen LogP contribution >= 0.6 is 22.9 Å². The van der Waals surface area contributed by atoms with Gasteiger partial charge >= 0.3 is 6.09 Å². The first kappa shape index (κ1) is 18.2. The van der Waals surface area contributed by atoms with Crippen molar-refractivity contribution in [2.75, 3.05) is 13.6 Å². The summed E-state index contributed by atoms with van der Waals surface area (Å²) in [4.78, 5) is 35.5. The summed E-state index contributed by atoms with van der Waals surface area (Å²) in [6, 6.07) is 5.06. The van der Waals surface area contributed by atoms with E-state index in [0.717, 1.165) is 10.2 Å². The number of benzene rings is 1. The molecule has 0 radical (unpaired) electrons. The highest BCUT2D eigenvalue weighted by Gasteiger charge is 2.32. The fraction of sp³-hybridized carbons (Fsp3) is 0.308. The minimum atomic E-state index is -1.41. The molecule has 1 rings (SSSR count). The third-order valence-electron chi connectivity index (χ3n) is 2.95. The first-order valence-corrected chi connectivity index (χ1v) is 7.20. The van der Waals surface area contributed by atoms with Crippen LogP contribution in [0, 0.1) is 0 Å². The van der Waals surface area contributed by atoms with Crippen LogP contribution in [-0.2, 0) is 16.0 Å². The van der Waals surface area contributed by atoms with Gasteiger partial charge in [-0.25, -0.2) is 9.69 Å². The van der Waals surface area contributed by atoms with Gasteiger partial charge in [0.2, 0.25) is 5.91 Å². The number of carbonyl (C=O) groups is 3. The van der Waals surface area contributed by atoms with Crippen LogP contribution in [0.25, 0.3) is 0 Å². The molecule has 0 aromatic heterocycles. The van der Waals surface area contributed by atoms with Crippen molar-refractivity contribution in [1.82, 2.24) is 8.01 Å². The highest BCUT2D eigenvalue weighted by Crippen LogP contribution is 2.18. The van der Waals surface area contributed by atoms with Crippen LogP contribution in [0.3, 0.4) is 0 Å². The summed E-state index contributed by atoms with van der Waals surface area (Å²) in [5, 5.41) is 18.2. The molecule has 0 aliphatic rings. The van der Waals surface area contributed by atoms with Gasteiger partial charge in [0.15, 0.2) is 0 Å². The van der Waals surface area contributed by atoms with Crippen LogP contribution in [0.5, 0.6) is 5.75 Å². The summed E-state index contributed by atoms with van der Waals surface area (Å²) in [5.74, 6) is -1.16. The normalized spacial score (nSPS) is 11.6. The molecule has 4 N–H and O–H groups in total. The van der Waals surface area contributed by atoms with Gasteiger partial charge < -0.3 is 15.9 Å². The monoisotopic (exact) mass is 421 g/mol. The zero-order valence-corrected chi connectivity index (χ0v) is 13.9. The first-order valence-electron chi connectivity index (χ1n) is 6.24. The molecule has 22 heavy (non-hydrogen) atoms. The number of carboxylic acid groups (broad SMARTS) is 1. The fourth-order valence-electron chi connectivity index (χ4n) is 1.70. The van der Waals surface area contributed by atoms with E-state index >= 15 is 0 Å². The lowest BCUT2D eigenvalue weighted by Gasteiger charge is -2.27. The number of hydrogen-bond donors (Lipinski definition) is 3. The SMILES string of the molecule is CN(C(=O)O)C(=O)[C@H](Cc1ccc(O)cc1)N(I)C(=O)CN. The van der Waals surface area contributed by atoms with Gasteiger partial charge in [-0.15, -0.1) is 0 Å². The molecule has 120 valence electrons. The van der Waals surface area contributed by atoms with Gasteiger partial charge in [0, 0.05) is 13.5 Å². The molecule has 0 saturated carbocycles. The number of halogens is 1. The van der Waals surface area contributed by atoms with Crippen molar-refractivity contribution in [1.29, 1.82) is 0 Å². The second-order valence-electron chi connectivity index (χ2n) is 4.48. The number of carbonyl (C=O) groups excluding carboxylic acids is 2. The zero-order valence-electron chi connectivity index (χ0n) is 11.8. The predicted molar refractivity (Wildman–Crippen MR) is 86.3 cm³/mol. The van der Waals surface area contributed by atoms with E-state index in [1.807, 2.05) is 0 Å². The molecule has 0 bridgehead atoms. The maximum atomic E-state index is 12.3. The second-order valence-corrected chi connectivity index (χ2v) is 5.51. The van der Waals surface area contributed by atoms with Crippen LogP contribution < -0.4 is 5.73 Å². The Hall–Kier alpha value is -1.88. The minimum absolute atomic E-state index is 0.0682. The summed E-state index contributed by atoms with van der Waals surface area (Å²) in [6.45, 7) is -0.293. The number of phenols is 1. The third kappa shape index (κ3) is 4.56. The van der Waals surface area contributed by atoms with E-state index < -0.39 is 23.9 Å². The maximum Gasteiger partial charge on any atom is 0.413 e. The van der Waals surface area contributed by atoms with Crippen LogP contribution in [0.2, 0.25) is 0 Å². The van der Waals surface area contributed by atoms with Crippen LogP contribution in [-0.4, -0.2) is 55.8 Å². The average molecular weight is 421 g/mol. The smallest absolute Gasteiger partial charge is 0.413 e. The number of aromatic hydroxyl groups is 1. The van der Waals surface area contributed by atoms with Gasteiger partial charge in [-0.05, 0) is 17.7 Å². The summed E-state index contributed by atoms with van der Waals surface area (Å²) < 4.78 is 1.10. The molecule has 3 amide bonds. The largest absolute Gasteiger partial charge is 0.508 e. The summed E-state index contributed by atoms with van der Waals surface area (Å²) in [5.41, 5.74) is 5.96. The Balaban J connectivity index is 3.05. The van der Waals surface area contributed by atoms with Gasteiger partial charge in [-0.2, -0.15) is 0 Å².